The Hall–Kier alpha value is -1.95. The fourth-order valence-electron chi connectivity index (χ4n) is 2.46. The average Bonchev–Trinajstić information content (AvgIpc) is 2.49. The maximum Gasteiger partial charge on any atom is 0.319 e. The van der Waals surface area contributed by atoms with Crippen LogP contribution in [0.2, 0.25) is 0 Å². The first kappa shape index (κ1) is 18.1. The third-order valence-electron chi connectivity index (χ3n) is 3.74. The zero-order valence-corrected chi connectivity index (χ0v) is 13.7. The number of likely N-dealkylation sites (tertiary alicyclic amines) is 1. The van der Waals surface area contributed by atoms with Crippen LogP contribution in [-0.4, -0.2) is 48.9 Å². The normalized spacial score (nSPS) is 14.9. The van der Waals surface area contributed by atoms with E-state index in [2.05, 4.69) is 5.32 Å². The first-order chi connectivity index (χ1) is 9.99. The number of rotatable bonds is 2. The van der Waals surface area contributed by atoms with Gasteiger partial charge in [-0.05, 0) is 25.0 Å². The van der Waals surface area contributed by atoms with Gasteiger partial charge in [0.1, 0.15) is 0 Å². The van der Waals surface area contributed by atoms with Gasteiger partial charge in [0.25, 0.3) is 0 Å². The standard InChI is InChI=1S/C15H22N4O2.ClH/c1-18(2)15(21)19-9-7-11(8-10-19)14(20)17-13-6-4-3-5-12(13)16;/h3-6,11H,7-10,16H2,1-2H3,(H,17,20);1H. The van der Waals surface area contributed by atoms with Gasteiger partial charge in [0, 0.05) is 33.1 Å². The molecule has 1 saturated heterocycles. The summed E-state index contributed by atoms with van der Waals surface area (Å²) in [6.45, 7) is 1.22. The molecule has 1 fully saturated rings. The number of carbonyl (C=O) groups is 2. The van der Waals surface area contributed by atoms with E-state index in [0.717, 1.165) is 0 Å². The topological polar surface area (TPSA) is 78.7 Å². The van der Waals surface area contributed by atoms with Gasteiger partial charge in [0.2, 0.25) is 5.91 Å². The molecule has 3 N–H and O–H groups in total. The van der Waals surface area contributed by atoms with Crippen molar-refractivity contribution in [3.05, 3.63) is 24.3 Å². The predicted octanol–water partition coefficient (Wildman–Crippen LogP) is 2.02. The van der Waals surface area contributed by atoms with Crippen molar-refractivity contribution in [1.82, 2.24) is 9.80 Å². The van der Waals surface area contributed by atoms with Crippen molar-refractivity contribution in [2.24, 2.45) is 5.92 Å². The van der Waals surface area contributed by atoms with Crippen molar-refractivity contribution in [1.29, 1.82) is 0 Å². The molecule has 0 spiro atoms. The summed E-state index contributed by atoms with van der Waals surface area (Å²) in [4.78, 5) is 27.4. The highest BCUT2D eigenvalue weighted by molar-refractivity contribution is 5.95. The largest absolute Gasteiger partial charge is 0.397 e. The number of anilines is 2. The number of halogens is 1. The van der Waals surface area contributed by atoms with Gasteiger partial charge in [0.05, 0.1) is 11.4 Å². The van der Waals surface area contributed by atoms with Crippen LogP contribution in [0, 0.1) is 5.92 Å². The quantitative estimate of drug-likeness (QED) is 0.816. The van der Waals surface area contributed by atoms with Crippen LogP contribution in [0.3, 0.4) is 0 Å². The molecule has 0 aromatic heterocycles. The van der Waals surface area contributed by atoms with E-state index in [-0.39, 0.29) is 30.3 Å². The smallest absolute Gasteiger partial charge is 0.319 e. The van der Waals surface area contributed by atoms with Gasteiger partial charge in [-0.25, -0.2) is 4.79 Å². The summed E-state index contributed by atoms with van der Waals surface area (Å²) in [6, 6.07) is 7.22. The Bertz CT molecular complexity index is 528. The molecule has 0 aliphatic carbocycles. The predicted molar refractivity (Wildman–Crippen MR) is 90.1 cm³/mol. The number of para-hydroxylation sites is 2. The lowest BCUT2D eigenvalue weighted by atomic mass is 9.96. The number of nitrogens with two attached hydrogens (primary N) is 1. The average molecular weight is 327 g/mol. The number of nitrogens with zero attached hydrogens (tertiary/aromatic N) is 2. The SMILES string of the molecule is CN(C)C(=O)N1CCC(C(=O)Nc2ccccc2N)CC1.Cl. The van der Waals surface area contributed by atoms with Crippen LogP contribution in [0.5, 0.6) is 0 Å². The lowest BCUT2D eigenvalue weighted by Gasteiger charge is -2.33. The zero-order chi connectivity index (χ0) is 15.4. The molecule has 22 heavy (non-hydrogen) atoms. The molecule has 0 unspecified atom stereocenters. The maximum absolute atomic E-state index is 12.2. The molecule has 1 aromatic carbocycles. The Balaban J connectivity index is 0.00000242. The zero-order valence-electron chi connectivity index (χ0n) is 12.9. The summed E-state index contributed by atoms with van der Waals surface area (Å²) < 4.78 is 0. The summed E-state index contributed by atoms with van der Waals surface area (Å²) in [7, 11) is 3.47. The van der Waals surface area contributed by atoms with Crippen LogP contribution in [0.1, 0.15) is 12.8 Å². The van der Waals surface area contributed by atoms with Crippen LogP contribution < -0.4 is 11.1 Å². The maximum atomic E-state index is 12.2. The molecule has 1 aliphatic rings. The van der Waals surface area contributed by atoms with Crippen molar-refractivity contribution in [3.8, 4) is 0 Å². The highest BCUT2D eigenvalue weighted by Gasteiger charge is 2.28. The number of urea groups is 1. The minimum atomic E-state index is -0.0733. The van der Waals surface area contributed by atoms with Crippen molar-refractivity contribution in [2.45, 2.75) is 12.8 Å². The molecule has 0 bridgehead atoms. The van der Waals surface area contributed by atoms with Crippen LogP contribution in [0.15, 0.2) is 24.3 Å². The van der Waals surface area contributed by atoms with Crippen LogP contribution in [0.4, 0.5) is 16.2 Å². The summed E-state index contributed by atoms with van der Waals surface area (Å²) >= 11 is 0. The van der Waals surface area contributed by atoms with Crippen LogP contribution >= 0.6 is 12.4 Å². The molecule has 1 heterocycles. The van der Waals surface area contributed by atoms with E-state index in [1.807, 2.05) is 12.1 Å². The molecule has 6 nitrogen and oxygen atoms in total. The first-order valence-corrected chi connectivity index (χ1v) is 7.10. The second-order valence-corrected chi connectivity index (χ2v) is 5.51. The second-order valence-electron chi connectivity index (χ2n) is 5.51. The molecular formula is C15H23ClN4O2. The molecule has 0 atom stereocenters. The minimum absolute atomic E-state index is 0. The molecule has 1 aromatic rings. The molecule has 0 saturated carbocycles. The number of amides is 3. The van der Waals surface area contributed by atoms with Gasteiger partial charge < -0.3 is 20.9 Å². The van der Waals surface area contributed by atoms with Gasteiger partial charge in [0.15, 0.2) is 0 Å². The Kier molecular flexibility index (Phi) is 6.49. The van der Waals surface area contributed by atoms with E-state index in [1.165, 1.54) is 0 Å². The van der Waals surface area contributed by atoms with E-state index < -0.39 is 0 Å². The second kappa shape index (κ2) is 7.89. The molecule has 0 radical (unpaired) electrons. The number of hydrogen-bond donors (Lipinski definition) is 2. The van der Waals surface area contributed by atoms with Gasteiger partial charge in [-0.15, -0.1) is 12.4 Å². The number of nitrogen functional groups attached to an aromatic ring is 1. The van der Waals surface area contributed by atoms with Gasteiger partial charge in [-0.2, -0.15) is 0 Å². The lowest BCUT2D eigenvalue weighted by molar-refractivity contribution is -0.121. The molecule has 7 heteroatoms. The first-order valence-electron chi connectivity index (χ1n) is 7.10. The monoisotopic (exact) mass is 326 g/mol. The fraction of sp³-hybridized carbons (Fsp3) is 0.467. The Labute approximate surface area is 137 Å². The number of benzene rings is 1. The molecule has 2 rings (SSSR count). The minimum Gasteiger partial charge on any atom is -0.397 e. The van der Waals surface area contributed by atoms with E-state index >= 15 is 0 Å². The summed E-state index contributed by atoms with van der Waals surface area (Å²) in [6.07, 6.45) is 1.36. The fourth-order valence-corrected chi connectivity index (χ4v) is 2.46. The molecule has 122 valence electrons. The van der Waals surface area contributed by atoms with E-state index in [1.54, 1.807) is 36.0 Å². The van der Waals surface area contributed by atoms with E-state index in [4.69, 9.17) is 5.73 Å². The van der Waals surface area contributed by atoms with Crippen molar-refractivity contribution in [2.75, 3.05) is 38.2 Å². The third kappa shape index (κ3) is 4.27. The summed E-state index contributed by atoms with van der Waals surface area (Å²) in [5.74, 6) is -0.0966. The van der Waals surface area contributed by atoms with Gasteiger partial charge >= 0.3 is 6.03 Å². The number of nitrogens with one attached hydrogen (secondary N) is 1. The van der Waals surface area contributed by atoms with E-state index in [0.29, 0.717) is 37.3 Å². The van der Waals surface area contributed by atoms with Gasteiger partial charge in [-0.3, -0.25) is 4.79 Å². The summed E-state index contributed by atoms with van der Waals surface area (Å²) in [5.41, 5.74) is 7.03. The van der Waals surface area contributed by atoms with Crippen molar-refractivity contribution in [3.63, 3.8) is 0 Å². The van der Waals surface area contributed by atoms with E-state index in [9.17, 15) is 9.59 Å². The number of hydrogen-bond acceptors (Lipinski definition) is 3. The molecule has 3 amide bonds. The Morgan fingerprint density at radius 3 is 2.36 bits per heavy atom. The van der Waals surface area contributed by atoms with Crippen molar-refractivity contribution < 1.29 is 9.59 Å². The number of carbonyl (C=O) groups excluding carboxylic acids is 2. The van der Waals surface area contributed by atoms with Gasteiger partial charge in [-0.1, -0.05) is 12.1 Å². The third-order valence-corrected chi connectivity index (χ3v) is 3.74. The van der Waals surface area contributed by atoms with Crippen LogP contribution in [0.25, 0.3) is 0 Å². The number of piperidine rings is 1. The highest BCUT2D eigenvalue weighted by Crippen LogP contribution is 2.22. The molecular weight excluding hydrogens is 304 g/mol. The Morgan fingerprint density at radius 1 is 1.23 bits per heavy atom. The Morgan fingerprint density at radius 2 is 1.82 bits per heavy atom. The highest BCUT2D eigenvalue weighted by atomic mass is 35.5. The molecule has 1 aliphatic heterocycles. The summed E-state index contributed by atoms with van der Waals surface area (Å²) in [5, 5.41) is 2.87. The van der Waals surface area contributed by atoms with Crippen LogP contribution in [-0.2, 0) is 4.79 Å². The lowest BCUT2D eigenvalue weighted by Crippen LogP contribution is -2.45. The van der Waals surface area contributed by atoms with Crippen molar-refractivity contribution >= 4 is 35.7 Å².